The number of aliphatic hydroxyl groups is 1. The Morgan fingerprint density at radius 3 is 2.60 bits per heavy atom. The van der Waals surface area contributed by atoms with Gasteiger partial charge in [-0.25, -0.2) is 0 Å². The number of phenols is 1. The van der Waals surface area contributed by atoms with E-state index in [9.17, 15) is 19.8 Å². The molecule has 188 valence electrons. The number of ketones is 1. The number of rotatable bonds is 10. The summed E-state index contributed by atoms with van der Waals surface area (Å²) in [6, 6.07) is 9.15. The van der Waals surface area contributed by atoms with Gasteiger partial charge in [-0.05, 0) is 79.2 Å². The fourth-order valence-electron chi connectivity index (χ4n) is 4.03. The third kappa shape index (κ3) is 5.79. The largest absolute Gasteiger partial charge is 0.507 e. The van der Waals surface area contributed by atoms with E-state index in [-0.39, 0.29) is 22.8 Å². The van der Waals surface area contributed by atoms with E-state index in [0.29, 0.717) is 40.9 Å². The lowest BCUT2D eigenvalue weighted by Crippen LogP contribution is -2.32. The molecule has 0 saturated carbocycles. The Balaban J connectivity index is 2.15. The molecule has 0 radical (unpaired) electrons. The Bertz CT molecular complexity index is 1130. The highest BCUT2D eigenvalue weighted by Gasteiger charge is 2.46. The van der Waals surface area contributed by atoms with E-state index in [1.807, 2.05) is 25.9 Å². The number of carbonyl (C=O) groups is 2. The van der Waals surface area contributed by atoms with Gasteiger partial charge in [0.15, 0.2) is 11.5 Å². The van der Waals surface area contributed by atoms with Crippen LogP contribution in [0.15, 0.2) is 46.4 Å². The summed E-state index contributed by atoms with van der Waals surface area (Å²) < 4.78 is 11.3. The van der Waals surface area contributed by atoms with Gasteiger partial charge in [0.05, 0.1) is 29.8 Å². The van der Waals surface area contributed by atoms with Crippen LogP contribution in [0, 0.1) is 0 Å². The lowest BCUT2D eigenvalue weighted by molar-refractivity contribution is -0.139. The van der Waals surface area contributed by atoms with Crippen LogP contribution in [0.25, 0.3) is 5.76 Å². The number of aliphatic hydroxyl groups excluding tert-OH is 1. The molecule has 1 heterocycles. The predicted molar refractivity (Wildman–Crippen MR) is 137 cm³/mol. The van der Waals surface area contributed by atoms with Gasteiger partial charge < -0.3 is 29.5 Å². The van der Waals surface area contributed by atoms with Crippen LogP contribution >= 0.6 is 15.9 Å². The number of carbonyl (C=O) groups excluding carboxylic acids is 2. The minimum Gasteiger partial charge on any atom is -0.507 e. The zero-order valence-corrected chi connectivity index (χ0v) is 22.0. The van der Waals surface area contributed by atoms with E-state index in [4.69, 9.17) is 9.47 Å². The summed E-state index contributed by atoms with van der Waals surface area (Å²) in [5, 5.41) is 21.6. The average Bonchev–Trinajstić information content (AvgIpc) is 3.09. The minimum absolute atomic E-state index is 0.0212. The Morgan fingerprint density at radius 2 is 1.94 bits per heavy atom. The van der Waals surface area contributed by atoms with Crippen LogP contribution < -0.4 is 9.47 Å². The number of hydrogen-bond donors (Lipinski definition) is 2. The van der Waals surface area contributed by atoms with E-state index < -0.39 is 17.7 Å². The molecule has 1 unspecified atom stereocenters. The number of benzene rings is 2. The first kappa shape index (κ1) is 26.6. The fraction of sp³-hybridized carbons (Fsp3) is 0.385. The molecule has 1 amide bonds. The maximum Gasteiger partial charge on any atom is 0.295 e. The van der Waals surface area contributed by atoms with Crippen molar-refractivity contribution in [2.24, 2.45) is 0 Å². The Morgan fingerprint density at radius 1 is 1.20 bits per heavy atom. The number of nitrogens with zero attached hydrogens (tertiary/aromatic N) is 2. The van der Waals surface area contributed by atoms with Gasteiger partial charge in [0, 0.05) is 12.1 Å². The van der Waals surface area contributed by atoms with E-state index >= 15 is 0 Å². The Hall–Kier alpha value is -3.04. The number of Topliss-reactive ketones (excluding diaryl/α,β-unsaturated/α-hetero) is 1. The SMILES string of the molecule is CCCOc1cccc(C(O)=C2C(=O)C(=O)N(CCCN(C)C)C2c2cc(Br)c(O)c(OC)c2)c1. The highest BCUT2D eigenvalue weighted by molar-refractivity contribution is 9.10. The van der Waals surface area contributed by atoms with E-state index in [1.54, 1.807) is 36.4 Å². The van der Waals surface area contributed by atoms with Crippen LogP contribution in [0.5, 0.6) is 17.2 Å². The van der Waals surface area contributed by atoms with Gasteiger partial charge in [-0.15, -0.1) is 0 Å². The monoisotopic (exact) mass is 546 g/mol. The number of phenolic OH excluding ortho intramolecular Hbond substituents is 1. The quantitative estimate of drug-likeness (QED) is 0.260. The number of hydrogen-bond acceptors (Lipinski definition) is 7. The van der Waals surface area contributed by atoms with Crippen molar-refractivity contribution in [1.82, 2.24) is 9.80 Å². The molecule has 0 aromatic heterocycles. The molecule has 3 rings (SSSR count). The first-order chi connectivity index (χ1) is 16.7. The molecule has 0 spiro atoms. The van der Waals surface area contributed by atoms with Gasteiger partial charge >= 0.3 is 0 Å². The molecule has 8 nitrogen and oxygen atoms in total. The molecule has 1 aliphatic rings. The van der Waals surface area contributed by atoms with Gasteiger partial charge in [-0.2, -0.15) is 0 Å². The smallest absolute Gasteiger partial charge is 0.295 e. The molecule has 1 saturated heterocycles. The molecule has 35 heavy (non-hydrogen) atoms. The van der Waals surface area contributed by atoms with Crippen molar-refractivity contribution < 1.29 is 29.3 Å². The first-order valence-electron chi connectivity index (χ1n) is 11.4. The van der Waals surface area contributed by atoms with Gasteiger partial charge in [-0.3, -0.25) is 9.59 Å². The molecular formula is C26H31BrN2O6. The number of likely N-dealkylation sites (tertiary alicyclic amines) is 1. The Labute approximate surface area is 213 Å². The molecule has 2 aromatic rings. The molecule has 0 aliphatic carbocycles. The molecule has 2 aromatic carbocycles. The second-order valence-corrected chi connectivity index (χ2v) is 9.43. The summed E-state index contributed by atoms with van der Waals surface area (Å²) in [6.07, 6.45) is 1.46. The zero-order chi connectivity index (χ0) is 25.7. The van der Waals surface area contributed by atoms with Crippen LogP contribution in [0.4, 0.5) is 0 Å². The second-order valence-electron chi connectivity index (χ2n) is 8.58. The van der Waals surface area contributed by atoms with Crippen LogP contribution in [0.3, 0.4) is 0 Å². The predicted octanol–water partition coefficient (Wildman–Crippen LogP) is 4.33. The van der Waals surface area contributed by atoms with Crippen LogP contribution in [-0.2, 0) is 9.59 Å². The summed E-state index contributed by atoms with van der Waals surface area (Å²) in [6.45, 7) is 3.53. The molecule has 1 fully saturated rings. The number of amides is 1. The van der Waals surface area contributed by atoms with Gasteiger partial charge in [0.2, 0.25) is 0 Å². The zero-order valence-electron chi connectivity index (χ0n) is 20.4. The number of aromatic hydroxyl groups is 1. The highest BCUT2D eigenvalue weighted by atomic mass is 79.9. The van der Waals surface area contributed by atoms with Crippen molar-refractivity contribution in [2.75, 3.05) is 40.9 Å². The summed E-state index contributed by atoms with van der Waals surface area (Å²) in [4.78, 5) is 29.8. The van der Waals surface area contributed by atoms with E-state index in [0.717, 1.165) is 13.0 Å². The van der Waals surface area contributed by atoms with Crippen LogP contribution in [0.2, 0.25) is 0 Å². The van der Waals surface area contributed by atoms with Crippen molar-refractivity contribution >= 4 is 33.4 Å². The maximum absolute atomic E-state index is 13.2. The minimum atomic E-state index is -0.858. The van der Waals surface area contributed by atoms with Crippen molar-refractivity contribution in [2.45, 2.75) is 25.8 Å². The molecule has 1 aliphatic heterocycles. The van der Waals surface area contributed by atoms with Crippen LogP contribution in [0.1, 0.15) is 36.9 Å². The summed E-state index contributed by atoms with van der Waals surface area (Å²) in [5.41, 5.74) is 0.877. The van der Waals surface area contributed by atoms with Gasteiger partial charge in [0.1, 0.15) is 11.5 Å². The van der Waals surface area contributed by atoms with E-state index in [2.05, 4.69) is 15.9 Å². The van der Waals surface area contributed by atoms with Crippen molar-refractivity contribution in [1.29, 1.82) is 0 Å². The third-order valence-electron chi connectivity index (χ3n) is 5.71. The first-order valence-corrected chi connectivity index (χ1v) is 12.2. The standard InChI is InChI=1S/C26H31BrN2O6/c1-5-12-35-18-9-6-8-16(13-18)23(30)21-22(17-14-19(27)24(31)20(15-17)34-4)29(26(33)25(21)32)11-7-10-28(2)3/h6,8-9,13-15,22,30-31H,5,7,10-12H2,1-4H3. The summed E-state index contributed by atoms with van der Waals surface area (Å²) in [7, 11) is 5.28. The van der Waals surface area contributed by atoms with Crippen molar-refractivity contribution in [3.8, 4) is 17.2 Å². The summed E-state index contributed by atoms with van der Waals surface area (Å²) >= 11 is 3.32. The fourth-order valence-corrected chi connectivity index (χ4v) is 4.49. The Kier molecular flexibility index (Phi) is 8.80. The number of halogens is 1. The lowest BCUT2D eigenvalue weighted by Gasteiger charge is -2.26. The number of ether oxygens (including phenoxy) is 2. The number of methoxy groups -OCH3 is 1. The topological polar surface area (TPSA) is 99.5 Å². The average molecular weight is 547 g/mol. The van der Waals surface area contributed by atoms with Gasteiger partial charge in [-0.1, -0.05) is 19.1 Å². The van der Waals surface area contributed by atoms with Crippen molar-refractivity contribution in [3.05, 3.63) is 57.6 Å². The molecule has 1 atom stereocenters. The molecule has 2 N–H and O–H groups in total. The maximum atomic E-state index is 13.2. The summed E-state index contributed by atoms with van der Waals surface area (Å²) in [5.74, 6) is -1.09. The van der Waals surface area contributed by atoms with E-state index in [1.165, 1.54) is 12.0 Å². The highest BCUT2D eigenvalue weighted by Crippen LogP contribution is 2.44. The molecule has 0 bridgehead atoms. The molecule has 9 heteroatoms. The normalized spacial score (nSPS) is 17.3. The third-order valence-corrected chi connectivity index (χ3v) is 6.32. The molecular weight excluding hydrogens is 516 g/mol. The second kappa shape index (κ2) is 11.6. The van der Waals surface area contributed by atoms with Crippen LogP contribution in [-0.4, -0.2) is 72.6 Å². The lowest BCUT2D eigenvalue weighted by atomic mass is 9.95. The van der Waals surface area contributed by atoms with Crippen molar-refractivity contribution in [3.63, 3.8) is 0 Å². The van der Waals surface area contributed by atoms with Gasteiger partial charge in [0.25, 0.3) is 11.7 Å².